The van der Waals surface area contributed by atoms with E-state index in [0.29, 0.717) is 53.2 Å². The summed E-state index contributed by atoms with van der Waals surface area (Å²) in [5.41, 5.74) is 2.35. The molecule has 0 fully saturated rings. The number of pyridine rings is 1. The van der Waals surface area contributed by atoms with Gasteiger partial charge in [0.15, 0.2) is 5.43 Å². The lowest BCUT2D eigenvalue weighted by Gasteiger charge is -2.28. The van der Waals surface area contributed by atoms with E-state index < -0.39 is 5.82 Å². The molecule has 0 bridgehead atoms. The molecule has 8 heteroatoms. The van der Waals surface area contributed by atoms with E-state index >= 15 is 0 Å². The number of halogens is 1. The van der Waals surface area contributed by atoms with Gasteiger partial charge in [-0.1, -0.05) is 0 Å². The average Bonchev–Trinajstić information content (AvgIpc) is 2.74. The Morgan fingerprint density at radius 1 is 1.20 bits per heavy atom. The summed E-state index contributed by atoms with van der Waals surface area (Å²) in [6.45, 7) is 1.05. The van der Waals surface area contributed by atoms with Gasteiger partial charge in [0.25, 0.3) is 0 Å². The van der Waals surface area contributed by atoms with Crippen LogP contribution in [0, 0.1) is 5.82 Å². The number of ether oxygens (including phenoxy) is 2. The number of fused-ring (bicyclic) bond motifs is 2. The van der Waals surface area contributed by atoms with Crippen LogP contribution in [0.3, 0.4) is 0 Å². The molecule has 0 saturated heterocycles. The van der Waals surface area contributed by atoms with Crippen molar-refractivity contribution >= 4 is 22.5 Å². The molecule has 4 rings (SSSR count). The molecule has 1 aliphatic rings. The van der Waals surface area contributed by atoms with Crippen molar-refractivity contribution < 1.29 is 18.7 Å². The van der Waals surface area contributed by atoms with E-state index in [0.717, 1.165) is 5.69 Å². The van der Waals surface area contributed by atoms with Crippen LogP contribution in [0.15, 0.2) is 41.2 Å². The quantitative estimate of drug-likeness (QED) is 0.675. The summed E-state index contributed by atoms with van der Waals surface area (Å²) < 4.78 is 24.1. The van der Waals surface area contributed by atoms with E-state index in [-0.39, 0.29) is 17.9 Å². The zero-order valence-corrected chi connectivity index (χ0v) is 16.8. The van der Waals surface area contributed by atoms with Crippen molar-refractivity contribution in [1.82, 2.24) is 9.88 Å². The lowest BCUT2D eigenvalue weighted by Crippen LogP contribution is -2.39. The number of hydrogen-bond acceptors (Lipinski definition) is 5. The standard InChI is InChI=1S/C22H22FN3O4/c1-29-14-4-6-20(30-2)19(10-14)25-21(27)12-26-8-7-18-16(11-26)22(28)15-9-13(23)3-5-17(15)24-18/h3-6,9-10H,7-8,11-12H2,1-2H3,(H,24,28)(H,25,27). The second-order valence-corrected chi connectivity index (χ2v) is 7.18. The number of methoxy groups -OCH3 is 2. The lowest BCUT2D eigenvalue weighted by molar-refractivity contribution is -0.117. The predicted octanol–water partition coefficient (Wildman–Crippen LogP) is 2.68. The normalized spacial score (nSPS) is 13.7. The molecule has 1 aliphatic heterocycles. The van der Waals surface area contributed by atoms with Gasteiger partial charge in [-0.15, -0.1) is 0 Å². The first kappa shape index (κ1) is 19.9. The number of nitrogens with zero attached hydrogens (tertiary/aromatic N) is 1. The molecule has 0 spiro atoms. The van der Waals surface area contributed by atoms with Crippen molar-refractivity contribution in [3.8, 4) is 11.5 Å². The van der Waals surface area contributed by atoms with Gasteiger partial charge in [-0.05, 0) is 30.3 Å². The van der Waals surface area contributed by atoms with Gasteiger partial charge in [-0.25, -0.2) is 4.39 Å². The van der Waals surface area contributed by atoms with Crippen molar-refractivity contribution in [1.29, 1.82) is 0 Å². The number of anilines is 1. The second kappa shape index (κ2) is 8.16. The first-order valence-electron chi connectivity index (χ1n) is 9.56. The summed E-state index contributed by atoms with van der Waals surface area (Å²) in [5, 5.41) is 3.16. The molecule has 156 valence electrons. The molecular weight excluding hydrogens is 389 g/mol. The molecule has 0 atom stereocenters. The van der Waals surface area contributed by atoms with Crippen molar-refractivity contribution in [2.45, 2.75) is 13.0 Å². The molecule has 1 amide bonds. The molecular formula is C22H22FN3O4. The highest BCUT2D eigenvalue weighted by atomic mass is 19.1. The van der Waals surface area contributed by atoms with Crippen LogP contribution in [0.25, 0.3) is 10.9 Å². The van der Waals surface area contributed by atoms with Crippen LogP contribution < -0.4 is 20.2 Å². The summed E-state index contributed by atoms with van der Waals surface area (Å²) >= 11 is 0. The fraction of sp³-hybridized carbons (Fsp3) is 0.273. The average molecular weight is 411 g/mol. The summed E-state index contributed by atoms with van der Waals surface area (Å²) in [5.74, 6) is 0.446. The highest BCUT2D eigenvalue weighted by molar-refractivity contribution is 5.94. The molecule has 7 nitrogen and oxygen atoms in total. The molecule has 0 radical (unpaired) electrons. The Hall–Kier alpha value is -3.39. The van der Waals surface area contributed by atoms with E-state index in [4.69, 9.17) is 9.47 Å². The number of rotatable bonds is 5. The molecule has 1 aromatic heterocycles. The number of H-pyrrole nitrogens is 1. The van der Waals surface area contributed by atoms with Crippen LogP contribution in [-0.4, -0.2) is 43.1 Å². The summed E-state index contributed by atoms with van der Waals surface area (Å²) in [6.07, 6.45) is 0.605. The zero-order valence-electron chi connectivity index (χ0n) is 16.8. The third-order valence-corrected chi connectivity index (χ3v) is 5.26. The van der Waals surface area contributed by atoms with Gasteiger partial charge in [0, 0.05) is 47.7 Å². The van der Waals surface area contributed by atoms with Crippen LogP contribution in [0.4, 0.5) is 10.1 Å². The number of carbonyl (C=O) groups is 1. The monoisotopic (exact) mass is 411 g/mol. The van der Waals surface area contributed by atoms with Crippen molar-refractivity contribution in [3.63, 3.8) is 0 Å². The zero-order chi connectivity index (χ0) is 21.3. The van der Waals surface area contributed by atoms with Gasteiger partial charge in [0.05, 0.1) is 26.5 Å². The van der Waals surface area contributed by atoms with Crippen molar-refractivity contribution in [3.05, 3.63) is 63.7 Å². The van der Waals surface area contributed by atoms with Gasteiger partial charge < -0.3 is 19.8 Å². The van der Waals surface area contributed by atoms with E-state index in [1.807, 2.05) is 4.90 Å². The maximum atomic E-state index is 13.6. The van der Waals surface area contributed by atoms with E-state index in [1.165, 1.54) is 19.2 Å². The first-order valence-corrected chi connectivity index (χ1v) is 9.56. The maximum absolute atomic E-state index is 13.6. The highest BCUT2D eigenvalue weighted by Crippen LogP contribution is 2.29. The molecule has 2 N–H and O–H groups in total. The minimum absolute atomic E-state index is 0.112. The largest absolute Gasteiger partial charge is 0.497 e. The molecule has 0 saturated carbocycles. The predicted molar refractivity (Wildman–Crippen MR) is 112 cm³/mol. The Balaban J connectivity index is 1.52. The van der Waals surface area contributed by atoms with Crippen LogP contribution in [0.2, 0.25) is 0 Å². The van der Waals surface area contributed by atoms with E-state index in [1.54, 1.807) is 31.4 Å². The Bertz CT molecular complexity index is 1170. The smallest absolute Gasteiger partial charge is 0.238 e. The number of carbonyl (C=O) groups excluding carboxylic acids is 1. The van der Waals surface area contributed by atoms with Crippen LogP contribution in [-0.2, 0) is 17.8 Å². The summed E-state index contributed by atoms with van der Waals surface area (Å²) in [4.78, 5) is 30.6. The van der Waals surface area contributed by atoms with E-state index in [2.05, 4.69) is 10.3 Å². The van der Waals surface area contributed by atoms with Crippen LogP contribution in [0.1, 0.15) is 11.3 Å². The molecule has 0 aliphatic carbocycles. The Morgan fingerprint density at radius 2 is 2.03 bits per heavy atom. The number of aromatic nitrogens is 1. The Morgan fingerprint density at radius 3 is 2.80 bits per heavy atom. The van der Waals surface area contributed by atoms with Crippen LogP contribution in [0.5, 0.6) is 11.5 Å². The lowest BCUT2D eigenvalue weighted by atomic mass is 10.0. The fourth-order valence-corrected chi connectivity index (χ4v) is 3.74. The molecule has 3 aromatic rings. The van der Waals surface area contributed by atoms with Crippen LogP contribution >= 0.6 is 0 Å². The molecule has 0 unspecified atom stereocenters. The number of aromatic amines is 1. The third-order valence-electron chi connectivity index (χ3n) is 5.26. The van der Waals surface area contributed by atoms with E-state index in [9.17, 15) is 14.0 Å². The van der Waals surface area contributed by atoms with Crippen molar-refractivity contribution in [2.75, 3.05) is 32.6 Å². The van der Waals surface area contributed by atoms with Crippen molar-refractivity contribution in [2.24, 2.45) is 0 Å². The second-order valence-electron chi connectivity index (χ2n) is 7.18. The summed E-state index contributed by atoms with van der Waals surface area (Å²) in [7, 11) is 3.07. The van der Waals surface area contributed by atoms with Gasteiger partial charge in [0.2, 0.25) is 5.91 Å². The minimum Gasteiger partial charge on any atom is -0.497 e. The molecule has 2 aromatic carbocycles. The Kier molecular flexibility index (Phi) is 5.41. The third kappa shape index (κ3) is 3.86. The highest BCUT2D eigenvalue weighted by Gasteiger charge is 2.23. The topological polar surface area (TPSA) is 83.7 Å². The van der Waals surface area contributed by atoms with Gasteiger partial charge in [0.1, 0.15) is 17.3 Å². The number of hydrogen-bond donors (Lipinski definition) is 2. The number of nitrogens with one attached hydrogen (secondary N) is 2. The SMILES string of the molecule is COc1ccc(OC)c(NC(=O)CN2CCc3[nH]c4ccc(F)cc4c(=O)c3C2)c1. The first-order chi connectivity index (χ1) is 14.5. The minimum atomic E-state index is -0.452. The Labute approximate surface area is 172 Å². The number of amides is 1. The molecule has 30 heavy (non-hydrogen) atoms. The fourth-order valence-electron chi connectivity index (χ4n) is 3.74. The van der Waals surface area contributed by atoms with Gasteiger partial charge in [-0.3, -0.25) is 14.5 Å². The van der Waals surface area contributed by atoms with Gasteiger partial charge >= 0.3 is 0 Å². The molecule has 2 heterocycles. The maximum Gasteiger partial charge on any atom is 0.238 e. The van der Waals surface area contributed by atoms with Gasteiger partial charge in [-0.2, -0.15) is 0 Å². The number of benzene rings is 2. The summed E-state index contributed by atoms with van der Waals surface area (Å²) in [6, 6.07) is 9.30.